The van der Waals surface area contributed by atoms with Crippen molar-refractivity contribution in [3.05, 3.63) is 65.5 Å². The van der Waals surface area contributed by atoms with E-state index >= 15 is 0 Å². The van der Waals surface area contributed by atoms with Gasteiger partial charge in [0.2, 0.25) is 0 Å². The molecule has 1 unspecified atom stereocenters. The van der Waals surface area contributed by atoms with E-state index in [0.717, 1.165) is 6.42 Å². The summed E-state index contributed by atoms with van der Waals surface area (Å²) >= 11 is 0. The van der Waals surface area contributed by atoms with E-state index in [-0.39, 0.29) is 12.5 Å². The van der Waals surface area contributed by atoms with E-state index < -0.39 is 0 Å². The van der Waals surface area contributed by atoms with E-state index in [1.54, 1.807) is 12.4 Å². The molecule has 0 saturated carbocycles. The summed E-state index contributed by atoms with van der Waals surface area (Å²) in [6, 6.07) is 12.4. The number of rotatable bonds is 4. The van der Waals surface area contributed by atoms with Crippen molar-refractivity contribution in [2.24, 2.45) is 0 Å². The van der Waals surface area contributed by atoms with E-state index in [2.05, 4.69) is 36.2 Å². The summed E-state index contributed by atoms with van der Waals surface area (Å²) in [5, 5.41) is 9.49. The van der Waals surface area contributed by atoms with Gasteiger partial charge in [0.1, 0.15) is 0 Å². The highest BCUT2D eigenvalue weighted by Crippen LogP contribution is 2.20. The molecule has 0 spiro atoms. The van der Waals surface area contributed by atoms with Crippen molar-refractivity contribution < 1.29 is 5.11 Å². The zero-order valence-corrected chi connectivity index (χ0v) is 10.0. The molecule has 0 amide bonds. The Balaban J connectivity index is 2.14. The van der Waals surface area contributed by atoms with Crippen molar-refractivity contribution in [1.82, 2.24) is 4.98 Å². The number of hydrogen-bond donors (Lipinski definition) is 1. The first-order valence-electron chi connectivity index (χ1n) is 5.86. The van der Waals surface area contributed by atoms with E-state index in [4.69, 9.17) is 0 Å². The van der Waals surface area contributed by atoms with Crippen LogP contribution in [0.25, 0.3) is 0 Å². The number of aryl methyl sites for hydroxylation is 1. The molecule has 0 saturated heterocycles. The predicted molar refractivity (Wildman–Crippen MR) is 68.9 cm³/mol. The standard InChI is InChI=1S/C15H17NO/c1-12-2-4-14(5-3-12)15(11-17)10-13-6-8-16-9-7-13/h2-9,15,17H,10-11H2,1H3. The van der Waals surface area contributed by atoms with Crippen LogP contribution < -0.4 is 0 Å². The van der Waals surface area contributed by atoms with E-state index in [0.29, 0.717) is 0 Å². The van der Waals surface area contributed by atoms with Gasteiger partial charge in [-0.1, -0.05) is 29.8 Å². The number of benzene rings is 1. The second-order valence-electron chi connectivity index (χ2n) is 4.35. The minimum atomic E-state index is 0.165. The third kappa shape index (κ3) is 3.14. The topological polar surface area (TPSA) is 33.1 Å². The molecule has 2 heteroatoms. The Kier molecular flexibility index (Phi) is 3.89. The highest BCUT2D eigenvalue weighted by molar-refractivity contribution is 5.26. The number of hydrogen-bond acceptors (Lipinski definition) is 2. The number of aliphatic hydroxyl groups is 1. The van der Waals surface area contributed by atoms with Crippen LogP contribution in [0.5, 0.6) is 0 Å². The molecule has 2 nitrogen and oxygen atoms in total. The van der Waals surface area contributed by atoms with Crippen LogP contribution in [0.1, 0.15) is 22.6 Å². The van der Waals surface area contributed by atoms with Crippen LogP contribution in [0.4, 0.5) is 0 Å². The van der Waals surface area contributed by atoms with E-state index in [1.807, 2.05) is 12.1 Å². The van der Waals surface area contributed by atoms with Gasteiger partial charge in [0.05, 0.1) is 6.61 Å². The Bertz CT molecular complexity index is 450. The summed E-state index contributed by atoms with van der Waals surface area (Å²) in [4.78, 5) is 4.00. The molecule has 1 aromatic carbocycles. The Labute approximate surface area is 102 Å². The molecule has 0 aliphatic heterocycles. The lowest BCUT2D eigenvalue weighted by molar-refractivity contribution is 0.264. The number of nitrogens with zero attached hydrogens (tertiary/aromatic N) is 1. The molecule has 88 valence electrons. The molecular weight excluding hydrogens is 210 g/mol. The van der Waals surface area contributed by atoms with Gasteiger partial charge in [-0.25, -0.2) is 0 Å². The Hall–Kier alpha value is -1.67. The highest BCUT2D eigenvalue weighted by atomic mass is 16.3. The van der Waals surface area contributed by atoms with Crippen molar-refractivity contribution in [3.8, 4) is 0 Å². The fourth-order valence-electron chi connectivity index (χ4n) is 1.93. The Morgan fingerprint density at radius 1 is 1.06 bits per heavy atom. The summed E-state index contributed by atoms with van der Waals surface area (Å²) in [6.07, 6.45) is 4.43. The first-order valence-corrected chi connectivity index (χ1v) is 5.86. The van der Waals surface area contributed by atoms with Gasteiger partial charge in [-0.05, 0) is 36.6 Å². The van der Waals surface area contributed by atoms with Gasteiger partial charge >= 0.3 is 0 Å². The van der Waals surface area contributed by atoms with Gasteiger partial charge < -0.3 is 5.11 Å². The zero-order chi connectivity index (χ0) is 12.1. The number of aromatic nitrogens is 1. The van der Waals surface area contributed by atoms with Crippen LogP contribution in [0.3, 0.4) is 0 Å². The molecule has 1 N–H and O–H groups in total. The molecule has 0 radical (unpaired) electrons. The Morgan fingerprint density at radius 3 is 2.29 bits per heavy atom. The molecule has 0 aliphatic rings. The van der Waals surface area contributed by atoms with Crippen molar-refractivity contribution in [3.63, 3.8) is 0 Å². The molecule has 1 heterocycles. The van der Waals surface area contributed by atoms with Crippen LogP contribution in [-0.2, 0) is 6.42 Å². The molecule has 0 fully saturated rings. The molecular formula is C15H17NO. The van der Waals surface area contributed by atoms with Crippen molar-refractivity contribution in [1.29, 1.82) is 0 Å². The largest absolute Gasteiger partial charge is 0.396 e. The van der Waals surface area contributed by atoms with Crippen molar-refractivity contribution >= 4 is 0 Å². The quantitative estimate of drug-likeness (QED) is 0.871. The number of pyridine rings is 1. The smallest absolute Gasteiger partial charge is 0.0502 e. The normalized spacial score (nSPS) is 12.4. The molecule has 1 aromatic heterocycles. The fourth-order valence-corrected chi connectivity index (χ4v) is 1.93. The van der Waals surface area contributed by atoms with Crippen LogP contribution in [0, 0.1) is 6.92 Å². The average molecular weight is 227 g/mol. The van der Waals surface area contributed by atoms with Gasteiger partial charge in [-0.3, -0.25) is 4.98 Å². The van der Waals surface area contributed by atoms with Crippen molar-refractivity contribution in [2.45, 2.75) is 19.3 Å². The molecule has 2 aromatic rings. The van der Waals surface area contributed by atoms with Gasteiger partial charge in [-0.2, -0.15) is 0 Å². The minimum Gasteiger partial charge on any atom is -0.396 e. The fraction of sp³-hybridized carbons (Fsp3) is 0.267. The number of aliphatic hydroxyl groups excluding tert-OH is 1. The van der Waals surface area contributed by atoms with Crippen LogP contribution in [0.2, 0.25) is 0 Å². The van der Waals surface area contributed by atoms with Gasteiger partial charge in [0.15, 0.2) is 0 Å². The van der Waals surface area contributed by atoms with Crippen molar-refractivity contribution in [2.75, 3.05) is 6.61 Å². The minimum absolute atomic E-state index is 0.165. The van der Waals surface area contributed by atoms with Crippen LogP contribution in [0.15, 0.2) is 48.8 Å². The SMILES string of the molecule is Cc1ccc(C(CO)Cc2ccncc2)cc1. The predicted octanol–water partition coefficient (Wildman–Crippen LogP) is 2.71. The maximum absolute atomic E-state index is 9.49. The van der Waals surface area contributed by atoms with E-state index in [9.17, 15) is 5.11 Å². The first kappa shape index (κ1) is 11.8. The summed E-state index contributed by atoms with van der Waals surface area (Å²) in [6.45, 7) is 2.24. The highest BCUT2D eigenvalue weighted by Gasteiger charge is 2.10. The summed E-state index contributed by atoms with van der Waals surface area (Å²) in [5.41, 5.74) is 3.64. The monoisotopic (exact) mass is 227 g/mol. The lowest BCUT2D eigenvalue weighted by Gasteiger charge is -2.14. The zero-order valence-electron chi connectivity index (χ0n) is 10.0. The second-order valence-corrected chi connectivity index (χ2v) is 4.35. The van der Waals surface area contributed by atoms with Gasteiger partial charge in [-0.15, -0.1) is 0 Å². The average Bonchev–Trinajstić information content (AvgIpc) is 2.38. The second kappa shape index (κ2) is 5.60. The maximum atomic E-state index is 9.49. The summed E-state index contributed by atoms with van der Waals surface area (Å²) in [7, 11) is 0. The van der Waals surface area contributed by atoms with Gasteiger partial charge in [0, 0.05) is 18.3 Å². The third-order valence-electron chi connectivity index (χ3n) is 3.00. The molecule has 2 rings (SSSR count). The summed E-state index contributed by atoms with van der Waals surface area (Å²) < 4.78 is 0. The lowest BCUT2D eigenvalue weighted by Crippen LogP contribution is -2.07. The first-order chi connectivity index (χ1) is 8.29. The molecule has 17 heavy (non-hydrogen) atoms. The third-order valence-corrected chi connectivity index (χ3v) is 3.00. The van der Waals surface area contributed by atoms with Crippen LogP contribution >= 0.6 is 0 Å². The van der Waals surface area contributed by atoms with E-state index in [1.165, 1.54) is 16.7 Å². The molecule has 0 aliphatic carbocycles. The summed E-state index contributed by atoms with van der Waals surface area (Å²) in [5.74, 6) is 0.165. The lowest BCUT2D eigenvalue weighted by atomic mass is 9.92. The molecule has 1 atom stereocenters. The Morgan fingerprint density at radius 2 is 1.71 bits per heavy atom. The van der Waals surface area contributed by atoms with Gasteiger partial charge in [0.25, 0.3) is 0 Å². The maximum Gasteiger partial charge on any atom is 0.0502 e. The van der Waals surface area contributed by atoms with Crippen LogP contribution in [-0.4, -0.2) is 16.7 Å². The molecule has 0 bridgehead atoms.